The van der Waals surface area contributed by atoms with Gasteiger partial charge in [0.05, 0.1) is 6.04 Å². The lowest BCUT2D eigenvalue weighted by atomic mass is 10.2. The standard InChI is InChI=1S/C17H23N5O2/c1-13-5-3-6-15(11-13)24-12-14(2)22-17(23)21-10-9-20-16-18-7-4-8-19-16/h3-8,11,14H,9-10,12H2,1-2H3,(H,18,19,20)(H2,21,22,23). The number of benzene rings is 1. The van der Waals surface area contributed by atoms with Crippen molar-refractivity contribution in [2.75, 3.05) is 25.0 Å². The fourth-order valence-corrected chi connectivity index (χ4v) is 1.98. The number of nitrogens with one attached hydrogen (secondary N) is 3. The molecule has 0 spiro atoms. The molecule has 7 nitrogen and oxygen atoms in total. The number of hydrogen-bond donors (Lipinski definition) is 3. The van der Waals surface area contributed by atoms with Crippen molar-refractivity contribution in [2.24, 2.45) is 0 Å². The summed E-state index contributed by atoms with van der Waals surface area (Å²) in [6, 6.07) is 9.23. The van der Waals surface area contributed by atoms with E-state index in [9.17, 15) is 4.79 Å². The molecule has 0 bridgehead atoms. The number of aromatic nitrogens is 2. The summed E-state index contributed by atoms with van der Waals surface area (Å²) in [5.41, 5.74) is 1.14. The van der Waals surface area contributed by atoms with E-state index in [0.717, 1.165) is 11.3 Å². The Morgan fingerprint density at radius 3 is 2.75 bits per heavy atom. The Hall–Kier alpha value is -2.83. The number of aryl methyl sites for hydroxylation is 1. The third-order valence-corrected chi connectivity index (χ3v) is 3.13. The maximum atomic E-state index is 11.8. The third-order valence-electron chi connectivity index (χ3n) is 3.13. The first kappa shape index (κ1) is 17.5. The number of hydrogen-bond acceptors (Lipinski definition) is 5. The van der Waals surface area contributed by atoms with Crippen molar-refractivity contribution in [1.29, 1.82) is 0 Å². The molecule has 0 aliphatic rings. The summed E-state index contributed by atoms with van der Waals surface area (Å²) in [5.74, 6) is 1.34. The van der Waals surface area contributed by atoms with Crippen molar-refractivity contribution in [1.82, 2.24) is 20.6 Å². The van der Waals surface area contributed by atoms with Gasteiger partial charge >= 0.3 is 6.03 Å². The molecule has 3 N–H and O–H groups in total. The average molecular weight is 329 g/mol. The molecule has 1 heterocycles. The summed E-state index contributed by atoms with van der Waals surface area (Å²) in [7, 11) is 0. The highest BCUT2D eigenvalue weighted by molar-refractivity contribution is 5.74. The first-order valence-electron chi connectivity index (χ1n) is 7.88. The minimum absolute atomic E-state index is 0.101. The Balaban J connectivity index is 1.59. The van der Waals surface area contributed by atoms with Gasteiger partial charge in [0, 0.05) is 25.5 Å². The van der Waals surface area contributed by atoms with Crippen LogP contribution in [0, 0.1) is 6.92 Å². The Bertz CT molecular complexity index is 636. The molecule has 2 amide bonds. The van der Waals surface area contributed by atoms with Crippen LogP contribution in [0.2, 0.25) is 0 Å². The molecule has 1 atom stereocenters. The van der Waals surface area contributed by atoms with Crippen LogP contribution >= 0.6 is 0 Å². The molecule has 1 unspecified atom stereocenters. The molecule has 1 aromatic heterocycles. The summed E-state index contributed by atoms with van der Waals surface area (Å²) < 4.78 is 5.66. The Kier molecular flexibility index (Phi) is 6.82. The van der Waals surface area contributed by atoms with Crippen LogP contribution in [-0.4, -0.2) is 41.7 Å². The van der Waals surface area contributed by atoms with Crippen LogP contribution < -0.4 is 20.7 Å². The quantitative estimate of drug-likeness (QED) is 0.644. The fraction of sp³-hybridized carbons (Fsp3) is 0.353. The second-order valence-electron chi connectivity index (χ2n) is 5.43. The van der Waals surface area contributed by atoms with Gasteiger partial charge < -0.3 is 20.7 Å². The van der Waals surface area contributed by atoms with E-state index >= 15 is 0 Å². The van der Waals surface area contributed by atoms with Gasteiger partial charge in [-0.25, -0.2) is 14.8 Å². The van der Waals surface area contributed by atoms with Crippen molar-refractivity contribution < 1.29 is 9.53 Å². The van der Waals surface area contributed by atoms with E-state index < -0.39 is 0 Å². The highest BCUT2D eigenvalue weighted by Crippen LogP contribution is 2.12. The molecule has 2 rings (SSSR count). The van der Waals surface area contributed by atoms with Gasteiger partial charge in [-0.2, -0.15) is 0 Å². The van der Waals surface area contributed by atoms with Crippen LogP contribution in [0.5, 0.6) is 5.75 Å². The molecule has 0 radical (unpaired) electrons. The van der Waals surface area contributed by atoms with Crippen molar-refractivity contribution in [3.63, 3.8) is 0 Å². The lowest BCUT2D eigenvalue weighted by molar-refractivity contribution is 0.227. The zero-order chi connectivity index (χ0) is 17.2. The number of amides is 2. The lowest BCUT2D eigenvalue weighted by Crippen LogP contribution is -2.44. The van der Waals surface area contributed by atoms with Crippen LogP contribution in [0.15, 0.2) is 42.7 Å². The smallest absolute Gasteiger partial charge is 0.315 e. The van der Waals surface area contributed by atoms with Crippen LogP contribution in [-0.2, 0) is 0 Å². The summed E-state index contributed by atoms with van der Waals surface area (Å²) in [4.78, 5) is 19.9. The normalized spacial score (nSPS) is 11.4. The van der Waals surface area contributed by atoms with E-state index in [1.54, 1.807) is 18.5 Å². The number of urea groups is 1. The maximum Gasteiger partial charge on any atom is 0.315 e. The van der Waals surface area contributed by atoms with Crippen molar-refractivity contribution in [3.05, 3.63) is 48.3 Å². The average Bonchev–Trinajstić information content (AvgIpc) is 2.58. The summed E-state index contributed by atoms with van der Waals surface area (Å²) >= 11 is 0. The van der Waals surface area contributed by atoms with Gasteiger partial charge in [0.15, 0.2) is 0 Å². The number of carbonyl (C=O) groups is 1. The lowest BCUT2D eigenvalue weighted by Gasteiger charge is -2.16. The SMILES string of the molecule is Cc1cccc(OCC(C)NC(=O)NCCNc2ncccn2)c1. The third kappa shape index (κ3) is 6.51. The molecule has 2 aromatic rings. The molecule has 0 saturated carbocycles. The van der Waals surface area contributed by atoms with Crippen molar-refractivity contribution >= 4 is 12.0 Å². The number of rotatable bonds is 8. The van der Waals surface area contributed by atoms with Gasteiger partial charge in [-0.05, 0) is 37.6 Å². The van der Waals surface area contributed by atoms with Crippen molar-refractivity contribution in [3.8, 4) is 5.75 Å². The van der Waals surface area contributed by atoms with E-state index in [0.29, 0.717) is 25.6 Å². The van der Waals surface area contributed by atoms with Gasteiger partial charge in [-0.1, -0.05) is 12.1 Å². The Labute approximate surface area is 141 Å². The van der Waals surface area contributed by atoms with Crippen LogP contribution in [0.4, 0.5) is 10.7 Å². The molecule has 0 fully saturated rings. The summed E-state index contributed by atoms with van der Waals surface area (Å²) in [6.07, 6.45) is 3.32. The van der Waals surface area contributed by atoms with Gasteiger partial charge in [-0.3, -0.25) is 0 Å². The molecule has 1 aromatic carbocycles. The first-order valence-corrected chi connectivity index (χ1v) is 7.88. The van der Waals surface area contributed by atoms with Gasteiger partial charge in [0.2, 0.25) is 5.95 Å². The first-order chi connectivity index (χ1) is 11.6. The van der Waals surface area contributed by atoms with Crippen molar-refractivity contribution in [2.45, 2.75) is 19.9 Å². The van der Waals surface area contributed by atoms with Gasteiger partial charge in [-0.15, -0.1) is 0 Å². The monoisotopic (exact) mass is 329 g/mol. The van der Waals surface area contributed by atoms with Crippen LogP contribution in [0.25, 0.3) is 0 Å². The number of nitrogens with zero attached hydrogens (tertiary/aromatic N) is 2. The minimum atomic E-state index is -0.230. The largest absolute Gasteiger partial charge is 0.491 e. The van der Waals surface area contributed by atoms with E-state index in [1.807, 2.05) is 38.1 Å². The van der Waals surface area contributed by atoms with Crippen LogP contribution in [0.3, 0.4) is 0 Å². The molecule has 24 heavy (non-hydrogen) atoms. The maximum absolute atomic E-state index is 11.8. The second-order valence-corrected chi connectivity index (χ2v) is 5.43. The highest BCUT2D eigenvalue weighted by atomic mass is 16.5. The number of ether oxygens (including phenoxy) is 1. The second kappa shape index (κ2) is 9.34. The molecule has 7 heteroatoms. The topological polar surface area (TPSA) is 88.2 Å². The number of anilines is 1. The molecule has 0 aliphatic heterocycles. The van der Waals surface area contributed by atoms with E-state index in [2.05, 4.69) is 25.9 Å². The molecular weight excluding hydrogens is 306 g/mol. The zero-order valence-electron chi connectivity index (χ0n) is 14.0. The van der Waals surface area contributed by atoms with Crippen LogP contribution in [0.1, 0.15) is 12.5 Å². The van der Waals surface area contributed by atoms with E-state index in [4.69, 9.17) is 4.74 Å². The Morgan fingerprint density at radius 1 is 1.21 bits per heavy atom. The molecular formula is C17H23N5O2. The van der Waals surface area contributed by atoms with Gasteiger partial charge in [0.1, 0.15) is 12.4 Å². The Morgan fingerprint density at radius 2 is 2.00 bits per heavy atom. The highest BCUT2D eigenvalue weighted by Gasteiger charge is 2.07. The minimum Gasteiger partial charge on any atom is -0.491 e. The predicted molar refractivity (Wildman–Crippen MR) is 93.2 cm³/mol. The van der Waals surface area contributed by atoms with E-state index in [1.165, 1.54) is 0 Å². The molecule has 0 saturated heterocycles. The van der Waals surface area contributed by atoms with E-state index in [-0.39, 0.29) is 12.1 Å². The predicted octanol–water partition coefficient (Wildman–Crippen LogP) is 1.96. The molecule has 128 valence electrons. The fourth-order valence-electron chi connectivity index (χ4n) is 1.98. The summed E-state index contributed by atoms with van der Waals surface area (Å²) in [6.45, 7) is 5.33. The molecule has 0 aliphatic carbocycles. The number of carbonyl (C=O) groups excluding carboxylic acids is 1. The van der Waals surface area contributed by atoms with Gasteiger partial charge in [0.25, 0.3) is 0 Å². The summed E-state index contributed by atoms with van der Waals surface area (Å²) in [5, 5.41) is 8.61. The zero-order valence-corrected chi connectivity index (χ0v) is 14.0.